The van der Waals surface area contributed by atoms with Crippen LogP contribution < -0.4 is 11.1 Å². The average Bonchev–Trinajstić information content (AvgIpc) is 2.56. The van der Waals surface area contributed by atoms with Gasteiger partial charge in [0, 0.05) is 12.6 Å². The van der Waals surface area contributed by atoms with E-state index in [4.69, 9.17) is 10.8 Å². The fourth-order valence-electron chi connectivity index (χ4n) is 1.36. The Morgan fingerprint density at radius 1 is 1.56 bits per heavy atom. The molecule has 0 bridgehead atoms. The summed E-state index contributed by atoms with van der Waals surface area (Å²) >= 11 is 0. The topological polar surface area (TPSA) is 96.3 Å². The molecule has 0 amide bonds. The second-order valence-corrected chi connectivity index (χ2v) is 4.10. The van der Waals surface area contributed by atoms with Crippen LogP contribution in [0.25, 0.3) is 0 Å². The Morgan fingerprint density at radius 2 is 2.25 bits per heavy atom. The number of aliphatic hydroxyl groups is 2. The zero-order chi connectivity index (χ0) is 12.1. The fourth-order valence-corrected chi connectivity index (χ4v) is 1.36. The van der Waals surface area contributed by atoms with Crippen molar-refractivity contribution in [1.82, 2.24) is 9.78 Å². The van der Waals surface area contributed by atoms with Gasteiger partial charge in [0.15, 0.2) is 0 Å². The lowest BCUT2D eigenvalue weighted by Crippen LogP contribution is -2.19. The molecule has 1 unspecified atom stereocenters. The van der Waals surface area contributed by atoms with Crippen LogP contribution in [0.3, 0.4) is 0 Å². The van der Waals surface area contributed by atoms with Crippen molar-refractivity contribution in [3.8, 4) is 0 Å². The van der Waals surface area contributed by atoms with Gasteiger partial charge in [0.1, 0.15) is 5.82 Å². The monoisotopic (exact) mass is 228 g/mol. The summed E-state index contributed by atoms with van der Waals surface area (Å²) in [7, 11) is 0. The lowest BCUT2D eigenvalue weighted by Gasteiger charge is -2.14. The molecule has 6 heteroatoms. The molecule has 0 aliphatic rings. The third-order valence-corrected chi connectivity index (χ3v) is 2.18. The molecule has 0 saturated heterocycles. The molecule has 0 aliphatic heterocycles. The fraction of sp³-hybridized carbons (Fsp3) is 0.700. The standard InChI is InChI=1S/C10H20N4O2/c1-7(2)13-10-9(11)5-12-14(10)4-3-8(16)6-15/h5,7-8,13,15-16H,3-4,6,11H2,1-2H3. The quantitative estimate of drug-likeness (QED) is 0.551. The first-order chi connectivity index (χ1) is 7.54. The predicted molar refractivity (Wildman–Crippen MR) is 63.1 cm³/mol. The van der Waals surface area contributed by atoms with E-state index in [2.05, 4.69) is 10.4 Å². The van der Waals surface area contributed by atoms with E-state index < -0.39 is 6.10 Å². The van der Waals surface area contributed by atoms with Crippen molar-refractivity contribution in [1.29, 1.82) is 0 Å². The molecule has 92 valence electrons. The van der Waals surface area contributed by atoms with Crippen molar-refractivity contribution in [2.45, 2.75) is 39.0 Å². The maximum absolute atomic E-state index is 9.26. The van der Waals surface area contributed by atoms with Crippen molar-refractivity contribution in [3.63, 3.8) is 0 Å². The minimum absolute atomic E-state index is 0.232. The predicted octanol–water partition coefficient (Wildman–Crippen LogP) is 0.0289. The Labute approximate surface area is 95.1 Å². The number of hydrogen-bond donors (Lipinski definition) is 4. The van der Waals surface area contributed by atoms with Gasteiger partial charge in [0.05, 0.1) is 24.6 Å². The summed E-state index contributed by atoms with van der Waals surface area (Å²) in [4.78, 5) is 0. The lowest BCUT2D eigenvalue weighted by molar-refractivity contribution is 0.0839. The number of nitrogens with one attached hydrogen (secondary N) is 1. The molecule has 0 spiro atoms. The third-order valence-electron chi connectivity index (χ3n) is 2.18. The average molecular weight is 228 g/mol. The van der Waals surface area contributed by atoms with E-state index in [1.807, 2.05) is 13.8 Å². The maximum atomic E-state index is 9.26. The normalized spacial score (nSPS) is 13.1. The van der Waals surface area contributed by atoms with Gasteiger partial charge in [0.2, 0.25) is 0 Å². The van der Waals surface area contributed by atoms with Crippen LogP contribution in [0.4, 0.5) is 11.5 Å². The van der Waals surface area contributed by atoms with Crippen molar-refractivity contribution >= 4 is 11.5 Å². The summed E-state index contributed by atoms with van der Waals surface area (Å²) in [6.45, 7) is 4.32. The molecule has 1 rings (SSSR count). The Kier molecular flexibility index (Phi) is 4.57. The molecule has 1 atom stereocenters. The molecule has 6 nitrogen and oxygen atoms in total. The number of nitrogens with zero attached hydrogens (tertiary/aromatic N) is 2. The van der Waals surface area contributed by atoms with Crippen LogP contribution >= 0.6 is 0 Å². The highest BCUT2D eigenvalue weighted by molar-refractivity contribution is 5.60. The second kappa shape index (κ2) is 5.72. The van der Waals surface area contributed by atoms with Crippen LogP contribution in [0.5, 0.6) is 0 Å². The number of anilines is 2. The van der Waals surface area contributed by atoms with Gasteiger partial charge in [-0.25, -0.2) is 4.68 Å². The number of hydrogen-bond acceptors (Lipinski definition) is 5. The summed E-state index contributed by atoms with van der Waals surface area (Å²) in [5.74, 6) is 0.764. The van der Waals surface area contributed by atoms with Crippen molar-refractivity contribution in [2.75, 3.05) is 17.7 Å². The first-order valence-corrected chi connectivity index (χ1v) is 5.41. The van der Waals surface area contributed by atoms with Gasteiger partial charge in [-0.2, -0.15) is 5.10 Å². The van der Waals surface area contributed by atoms with E-state index in [9.17, 15) is 5.11 Å². The smallest absolute Gasteiger partial charge is 0.147 e. The van der Waals surface area contributed by atoms with Gasteiger partial charge in [-0.05, 0) is 20.3 Å². The minimum atomic E-state index is -0.711. The first kappa shape index (κ1) is 12.8. The molecule has 1 heterocycles. The highest BCUT2D eigenvalue weighted by atomic mass is 16.3. The second-order valence-electron chi connectivity index (χ2n) is 4.10. The van der Waals surface area contributed by atoms with Crippen LogP contribution in [0.15, 0.2) is 6.20 Å². The van der Waals surface area contributed by atoms with Gasteiger partial charge >= 0.3 is 0 Å². The van der Waals surface area contributed by atoms with E-state index in [0.717, 1.165) is 5.82 Å². The van der Waals surface area contributed by atoms with Crippen molar-refractivity contribution < 1.29 is 10.2 Å². The Morgan fingerprint density at radius 3 is 2.81 bits per heavy atom. The maximum Gasteiger partial charge on any atom is 0.147 e. The summed E-state index contributed by atoms with van der Waals surface area (Å²) in [6, 6.07) is 0.264. The molecular weight excluding hydrogens is 208 g/mol. The highest BCUT2D eigenvalue weighted by Crippen LogP contribution is 2.18. The minimum Gasteiger partial charge on any atom is -0.394 e. The molecule has 1 aromatic rings. The third kappa shape index (κ3) is 3.39. The summed E-state index contributed by atoms with van der Waals surface area (Å²) in [5.41, 5.74) is 6.36. The van der Waals surface area contributed by atoms with Gasteiger partial charge in [-0.15, -0.1) is 0 Å². The van der Waals surface area contributed by atoms with Gasteiger partial charge in [-0.1, -0.05) is 0 Å². The zero-order valence-electron chi connectivity index (χ0n) is 9.72. The van der Waals surface area contributed by atoms with Crippen LogP contribution in [0.1, 0.15) is 20.3 Å². The number of aliphatic hydroxyl groups excluding tert-OH is 2. The van der Waals surface area contributed by atoms with Crippen LogP contribution in [0, 0.1) is 0 Å². The molecule has 0 fully saturated rings. The SMILES string of the molecule is CC(C)Nc1c(N)cnn1CCC(O)CO. The number of nitrogen functional groups attached to an aromatic ring is 1. The Bertz CT molecular complexity index is 325. The summed E-state index contributed by atoms with van der Waals surface area (Å²) in [5, 5.41) is 25.3. The summed E-state index contributed by atoms with van der Waals surface area (Å²) in [6.07, 6.45) is 1.32. The van der Waals surface area contributed by atoms with Crippen LogP contribution in [0.2, 0.25) is 0 Å². The zero-order valence-corrected chi connectivity index (χ0v) is 9.72. The largest absolute Gasteiger partial charge is 0.394 e. The van der Waals surface area contributed by atoms with Crippen LogP contribution in [-0.4, -0.2) is 38.7 Å². The molecule has 0 saturated carbocycles. The van der Waals surface area contributed by atoms with Crippen LogP contribution in [-0.2, 0) is 6.54 Å². The van der Waals surface area contributed by atoms with Gasteiger partial charge in [0.25, 0.3) is 0 Å². The first-order valence-electron chi connectivity index (χ1n) is 5.41. The van der Waals surface area contributed by atoms with E-state index in [1.54, 1.807) is 10.9 Å². The van der Waals surface area contributed by atoms with E-state index >= 15 is 0 Å². The number of nitrogens with two attached hydrogens (primary N) is 1. The molecular formula is C10H20N4O2. The lowest BCUT2D eigenvalue weighted by atomic mass is 10.3. The molecule has 0 radical (unpaired) electrons. The highest BCUT2D eigenvalue weighted by Gasteiger charge is 2.10. The van der Waals surface area contributed by atoms with Gasteiger partial charge < -0.3 is 21.3 Å². The summed E-state index contributed by atoms with van der Waals surface area (Å²) < 4.78 is 1.70. The Balaban J connectivity index is 2.65. The van der Waals surface area contributed by atoms with E-state index in [1.165, 1.54) is 0 Å². The van der Waals surface area contributed by atoms with E-state index in [0.29, 0.717) is 18.7 Å². The van der Waals surface area contributed by atoms with Gasteiger partial charge in [-0.3, -0.25) is 0 Å². The van der Waals surface area contributed by atoms with Crippen molar-refractivity contribution in [3.05, 3.63) is 6.20 Å². The molecule has 0 aromatic carbocycles. The molecule has 16 heavy (non-hydrogen) atoms. The Hall–Kier alpha value is -1.27. The van der Waals surface area contributed by atoms with Crippen molar-refractivity contribution in [2.24, 2.45) is 0 Å². The molecule has 0 aliphatic carbocycles. The molecule has 5 N–H and O–H groups in total. The molecule has 1 aromatic heterocycles. The number of rotatable bonds is 6. The number of aryl methyl sites for hydroxylation is 1. The van der Waals surface area contributed by atoms with E-state index in [-0.39, 0.29) is 12.6 Å². The number of aromatic nitrogens is 2.